The highest BCUT2D eigenvalue weighted by Crippen LogP contribution is 2.31. The molecule has 0 fully saturated rings. The fourth-order valence-corrected chi connectivity index (χ4v) is 3.96. The standard InChI is InChI=1S/C24H26ClN7O4/c1-5-8-27-24(34)19-20(14(2)10-15-12-31(13-35-3)30-21(15)19)28-23(33)17-11-18(36-4)29-32(17)22-16(25)7-6-9-26-22/h6-7,9-12H,5,8,13H2,1-4H3,(H,27,34)(H,28,33). The molecule has 0 atom stereocenters. The molecule has 0 unspecified atom stereocenters. The van der Waals surface area contributed by atoms with Crippen LogP contribution in [0.2, 0.25) is 5.02 Å². The number of amides is 2. The number of benzene rings is 1. The van der Waals surface area contributed by atoms with Crippen molar-refractivity contribution in [2.24, 2.45) is 0 Å². The lowest BCUT2D eigenvalue weighted by molar-refractivity contribution is 0.0955. The van der Waals surface area contributed by atoms with Crippen LogP contribution < -0.4 is 15.4 Å². The highest BCUT2D eigenvalue weighted by atomic mass is 35.5. The second-order valence-electron chi connectivity index (χ2n) is 7.97. The Kier molecular flexibility index (Phi) is 7.51. The van der Waals surface area contributed by atoms with Crippen molar-refractivity contribution in [1.82, 2.24) is 29.9 Å². The van der Waals surface area contributed by atoms with Crippen LogP contribution in [0, 0.1) is 6.92 Å². The van der Waals surface area contributed by atoms with E-state index in [0.717, 1.165) is 11.8 Å². The molecule has 2 amide bonds. The van der Waals surface area contributed by atoms with Crippen LogP contribution in [0.1, 0.15) is 39.8 Å². The van der Waals surface area contributed by atoms with Gasteiger partial charge in [0.25, 0.3) is 11.8 Å². The molecule has 0 bridgehead atoms. The summed E-state index contributed by atoms with van der Waals surface area (Å²) in [6.07, 6.45) is 4.09. The van der Waals surface area contributed by atoms with Crippen molar-refractivity contribution >= 4 is 40.0 Å². The summed E-state index contributed by atoms with van der Waals surface area (Å²) in [6.45, 7) is 4.46. The minimum atomic E-state index is -0.532. The van der Waals surface area contributed by atoms with Crippen molar-refractivity contribution in [3.8, 4) is 11.7 Å². The first kappa shape index (κ1) is 25.1. The van der Waals surface area contributed by atoms with E-state index in [2.05, 4.69) is 25.8 Å². The van der Waals surface area contributed by atoms with Crippen molar-refractivity contribution in [2.75, 3.05) is 26.1 Å². The number of aromatic nitrogens is 5. The van der Waals surface area contributed by atoms with Gasteiger partial charge in [0, 0.05) is 37.5 Å². The van der Waals surface area contributed by atoms with Gasteiger partial charge < -0.3 is 20.1 Å². The predicted molar refractivity (Wildman–Crippen MR) is 135 cm³/mol. The third kappa shape index (κ3) is 4.88. The SMILES string of the molecule is CCCNC(=O)c1c(NC(=O)c2cc(OC)nn2-c2ncccc2Cl)c(C)cc2cn(COC)nc12. The average molecular weight is 512 g/mol. The zero-order valence-corrected chi connectivity index (χ0v) is 21.1. The normalized spacial score (nSPS) is 11.0. The molecule has 4 aromatic rings. The molecular formula is C24H26ClN7O4. The Balaban J connectivity index is 1.82. The average Bonchev–Trinajstić information content (AvgIpc) is 3.47. The molecule has 0 aliphatic rings. The molecule has 12 heteroatoms. The van der Waals surface area contributed by atoms with Gasteiger partial charge in [0.15, 0.2) is 5.82 Å². The van der Waals surface area contributed by atoms with Gasteiger partial charge in [0.2, 0.25) is 5.88 Å². The first-order chi connectivity index (χ1) is 17.4. The number of ether oxygens (including phenoxy) is 2. The molecular weight excluding hydrogens is 486 g/mol. The van der Waals surface area contributed by atoms with Gasteiger partial charge in [-0.2, -0.15) is 5.10 Å². The number of hydrogen-bond acceptors (Lipinski definition) is 7. The molecule has 1 aromatic carbocycles. The van der Waals surface area contributed by atoms with Crippen molar-refractivity contribution in [2.45, 2.75) is 27.0 Å². The maximum atomic E-state index is 13.6. The lowest BCUT2D eigenvalue weighted by Crippen LogP contribution is -2.27. The Bertz CT molecular complexity index is 1430. The number of nitrogens with one attached hydrogen (secondary N) is 2. The van der Waals surface area contributed by atoms with Crippen molar-refractivity contribution in [1.29, 1.82) is 0 Å². The summed E-state index contributed by atoms with van der Waals surface area (Å²) in [5, 5.41) is 15.6. The van der Waals surface area contributed by atoms with E-state index in [0.29, 0.717) is 28.3 Å². The van der Waals surface area contributed by atoms with Gasteiger partial charge >= 0.3 is 0 Å². The quantitative estimate of drug-likeness (QED) is 0.352. The Morgan fingerprint density at radius 1 is 1.17 bits per heavy atom. The fraction of sp³-hybridized carbons (Fsp3) is 0.292. The van der Waals surface area contributed by atoms with E-state index >= 15 is 0 Å². The van der Waals surface area contributed by atoms with Crippen LogP contribution in [0.25, 0.3) is 16.7 Å². The van der Waals surface area contributed by atoms with Crippen molar-refractivity contribution in [3.63, 3.8) is 0 Å². The molecule has 0 saturated carbocycles. The molecule has 0 saturated heterocycles. The second kappa shape index (κ2) is 10.8. The van der Waals surface area contributed by atoms with Gasteiger partial charge in [-0.1, -0.05) is 18.5 Å². The number of aryl methyl sites for hydroxylation is 1. The van der Waals surface area contributed by atoms with Crippen LogP contribution in [0.4, 0.5) is 5.69 Å². The summed E-state index contributed by atoms with van der Waals surface area (Å²) >= 11 is 6.31. The van der Waals surface area contributed by atoms with Gasteiger partial charge in [-0.15, -0.1) is 5.10 Å². The zero-order chi connectivity index (χ0) is 25.8. The summed E-state index contributed by atoms with van der Waals surface area (Å²) in [6, 6.07) is 6.64. The first-order valence-electron chi connectivity index (χ1n) is 11.2. The number of halogens is 1. The fourth-order valence-electron chi connectivity index (χ4n) is 3.76. The van der Waals surface area contributed by atoms with Gasteiger partial charge in [-0.05, 0) is 37.1 Å². The number of fused-ring (bicyclic) bond motifs is 1. The Morgan fingerprint density at radius 2 is 1.97 bits per heavy atom. The Morgan fingerprint density at radius 3 is 2.67 bits per heavy atom. The van der Waals surface area contributed by atoms with Crippen LogP contribution in [0.15, 0.2) is 36.7 Å². The molecule has 36 heavy (non-hydrogen) atoms. The summed E-state index contributed by atoms with van der Waals surface area (Å²) in [5.41, 5.74) is 1.85. The molecule has 188 valence electrons. The van der Waals surface area contributed by atoms with E-state index in [1.54, 1.807) is 36.3 Å². The zero-order valence-electron chi connectivity index (χ0n) is 20.3. The van der Waals surface area contributed by atoms with E-state index in [-0.39, 0.29) is 35.6 Å². The number of rotatable bonds is 9. The van der Waals surface area contributed by atoms with E-state index in [1.165, 1.54) is 17.9 Å². The highest BCUT2D eigenvalue weighted by molar-refractivity contribution is 6.32. The summed E-state index contributed by atoms with van der Waals surface area (Å²) in [5.74, 6) is -0.412. The molecule has 3 aromatic heterocycles. The van der Waals surface area contributed by atoms with Gasteiger partial charge in [-0.3, -0.25) is 9.59 Å². The number of pyridine rings is 1. The molecule has 2 N–H and O–H groups in total. The molecule has 0 spiro atoms. The molecule has 3 heterocycles. The number of anilines is 1. The number of carbonyl (C=O) groups is 2. The van der Waals surface area contributed by atoms with Crippen LogP contribution >= 0.6 is 11.6 Å². The third-order valence-corrected chi connectivity index (χ3v) is 5.67. The summed E-state index contributed by atoms with van der Waals surface area (Å²) in [4.78, 5) is 31.1. The molecule has 11 nitrogen and oxygen atoms in total. The Labute approximate surface area is 212 Å². The third-order valence-electron chi connectivity index (χ3n) is 5.37. The van der Waals surface area contributed by atoms with Crippen LogP contribution in [-0.4, -0.2) is 57.1 Å². The summed E-state index contributed by atoms with van der Waals surface area (Å²) in [7, 11) is 3.00. The predicted octanol–water partition coefficient (Wildman–Crippen LogP) is 3.58. The second-order valence-corrected chi connectivity index (χ2v) is 8.38. The van der Waals surface area contributed by atoms with Gasteiger partial charge in [0.1, 0.15) is 17.9 Å². The number of hydrogen-bond donors (Lipinski definition) is 2. The van der Waals surface area contributed by atoms with Crippen LogP contribution in [0.5, 0.6) is 5.88 Å². The largest absolute Gasteiger partial charge is 0.480 e. The van der Waals surface area contributed by atoms with Crippen molar-refractivity contribution in [3.05, 3.63) is 58.5 Å². The van der Waals surface area contributed by atoms with E-state index in [4.69, 9.17) is 21.1 Å². The monoisotopic (exact) mass is 511 g/mol. The minimum Gasteiger partial charge on any atom is -0.480 e. The molecule has 4 rings (SSSR count). The minimum absolute atomic E-state index is 0.122. The molecule has 0 aliphatic carbocycles. The smallest absolute Gasteiger partial charge is 0.274 e. The maximum Gasteiger partial charge on any atom is 0.274 e. The van der Waals surface area contributed by atoms with Crippen LogP contribution in [-0.2, 0) is 11.5 Å². The van der Waals surface area contributed by atoms with E-state index < -0.39 is 5.91 Å². The molecule has 0 radical (unpaired) electrons. The maximum absolute atomic E-state index is 13.6. The van der Waals surface area contributed by atoms with Crippen LogP contribution in [0.3, 0.4) is 0 Å². The van der Waals surface area contributed by atoms with E-state index in [9.17, 15) is 9.59 Å². The number of carbonyl (C=O) groups excluding carboxylic acids is 2. The number of nitrogens with zero attached hydrogens (tertiary/aromatic N) is 5. The Hall–Kier alpha value is -3.96. The lowest BCUT2D eigenvalue weighted by Gasteiger charge is -2.15. The summed E-state index contributed by atoms with van der Waals surface area (Å²) < 4.78 is 13.3. The highest BCUT2D eigenvalue weighted by Gasteiger charge is 2.25. The lowest BCUT2D eigenvalue weighted by atomic mass is 10.0. The first-order valence-corrected chi connectivity index (χ1v) is 11.6. The van der Waals surface area contributed by atoms with Gasteiger partial charge in [0.05, 0.1) is 23.4 Å². The number of methoxy groups -OCH3 is 2. The molecule has 0 aliphatic heterocycles. The van der Waals surface area contributed by atoms with E-state index in [1.807, 2.05) is 19.9 Å². The van der Waals surface area contributed by atoms with Crippen molar-refractivity contribution < 1.29 is 19.1 Å². The van der Waals surface area contributed by atoms with Gasteiger partial charge in [-0.25, -0.2) is 14.3 Å². The topological polar surface area (TPSA) is 125 Å².